The molecule has 0 radical (unpaired) electrons. The zero-order valence-electron chi connectivity index (χ0n) is 9.52. The van der Waals surface area contributed by atoms with Crippen LogP contribution in [-0.2, 0) is 0 Å². The summed E-state index contributed by atoms with van der Waals surface area (Å²) in [6.45, 7) is 4.01. The molecule has 0 spiro atoms. The Balaban J connectivity index is 0.000000963. The molecule has 3 aliphatic rings. The zero-order chi connectivity index (χ0) is 10.3. The molecule has 92 valence electrons. The fourth-order valence-electron chi connectivity index (χ4n) is 2.73. The van der Waals surface area contributed by atoms with Crippen molar-refractivity contribution in [2.24, 2.45) is 0 Å². The predicted molar refractivity (Wildman–Crippen MR) is 65.0 cm³/mol. The lowest BCUT2D eigenvalue weighted by atomic mass is 10.1. The maximum Gasteiger partial charge on any atom is 0.320 e. The van der Waals surface area contributed by atoms with Crippen molar-refractivity contribution in [2.75, 3.05) is 26.2 Å². The van der Waals surface area contributed by atoms with E-state index >= 15 is 0 Å². The van der Waals surface area contributed by atoms with Gasteiger partial charge < -0.3 is 15.1 Å². The van der Waals surface area contributed by atoms with E-state index < -0.39 is 0 Å². The molecular formula is C11H20ClN3O. The highest BCUT2D eigenvalue weighted by molar-refractivity contribution is 5.85. The van der Waals surface area contributed by atoms with Crippen LogP contribution in [0.15, 0.2) is 0 Å². The summed E-state index contributed by atoms with van der Waals surface area (Å²) < 4.78 is 0. The lowest BCUT2D eigenvalue weighted by molar-refractivity contribution is 0.166. The van der Waals surface area contributed by atoms with Gasteiger partial charge in [0.1, 0.15) is 0 Å². The summed E-state index contributed by atoms with van der Waals surface area (Å²) in [4.78, 5) is 16.3. The molecule has 1 atom stereocenters. The number of nitrogens with zero attached hydrogens (tertiary/aromatic N) is 2. The second-order valence-electron chi connectivity index (χ2n) is 4.90. The van der Waals surface area contributed by atoms with Gasteiger partial charge in [0.25, 0.3) is 0 Å². The molecule has 5 heteroatoms. The first kappa shape index (κ1) is 12.0. The van der Waals surface area contributed by atoms with Crippen LogP contribution in [0.5, 0.6) is 0 Å². The van der Waals surface area contributed by atoms with E-state index in [1.165, 1.54) is 25.7 Å². The molecule has 2 amide bonds. The first-order valence-corrected chi connectivity index (χ1v) is 6.14. The number of urea groups is 1. The molecule has 0 aromatic carbocycles. The smallest absolute Gasteiger partial charge is 0.320 e. The summed E-state index contributed by atoms with van der Waals surface area (Å²) >= 11 is 0. The Morgan fingerprint density at radius 2 is 1.75 bits per heavy atom. The molecule has 4 nitrogen and oxygen atoms in total. The molecule has 0 aromatic rings. The molecule has 2 heterocycles. The third-order valence-corrected chi connectivity index (χ3v) is 3.77. The van der Waals surface area contributed by atoms with Crippen molar-refractivity contribution in [1.29, 1.82) is 0 Å². The van der Waals surface area contributed by atoms with Crippen molar-refractivity contribution >= 4 is 18.4 Å². The molecule has 0 unspecified atom stereocenters. The largest absolute Gasteiger partial charge is 0.320 e. The number of nitrogens with one attached hydrogen (secondary N) is 1. The van der Waals surface area contributed by atoms with E-state index in [2.05, 4.69) is 15.1 Å². The van der Waals surface area contributed by atoms with Crippen LogP contribution in [0, 0.1) is 0 Å². The van der Waals surface area contributed by atoms with Gasteiger partial charge in [-0.2, -0.15) is 0 Å². The molecule has 2 aliphatic heterocycles. The Morgan fingerprint density at radius 1 is 1.06 bits per heavy atom. The molecule has 1 aliphatic carbocycles. The van der Waals surface area contributed by atoms with Gasteiger partial charge in [0.15, 0.2) is 0 Å². The number of amides is 2. The van der Waals surface area contributed by atoms with E-state index in [1.54, 1.807) is 0 Å². The van der Waals surface area contributed by atoms with Crippen molar-refractivity contribution in [3.8, 4) is 0 Å². The van der Waals surface area contributed by atoms with Crippen LogP contribution in [0.4, 0.5) is 4.79 Å². The number of hydrogen-bond donors (Lipinski definition) is 1. The average Bonchev–Trinajstić information content (AvgIpc) is 3.04. The minimum Gasteiger partial charge on any atom is -0.320 e. The first-order valence-electron chi connectivity index (χ1n) is 6.14. The van der Waals surface area contributed by atoms with E-state index in [1.807, 2.05) is 0 Å². The maximum atomic E-state index is 12.1. The lowest BCUT2D eigenvalue weighted by Crippen LogP contribution is -2.47. The summed E-state index contributed by atoms with van der Waals surface area (Å²) in [5.74, 6) is 0. The molecule has 1 saturated carbocycles. The van der Waals surface area contributed by atoms with Crippen LogP contribution in [-0.4, -0.2) is 54.1 Å². The topological polar surface area (TPSA) is 35.6 Å². The molecule has 1 N–H and O–H groups in total. The van der Waals surface area contributed by atoms with Gasteiger partial charge in [0.05, 0.1) is 0 Å². The zero-order valence-corrected chi connectivity index (χ0v) is 10.3. The second kappa shape index (κ2) is 4.80. The van der Waals surface area contributed by atoms with E-state index in [0.29, 0.717) is 18.1 Å². The van der Waals surface area contributed by atoms with E-state index in [4.69, 9.17) is 0 Å². The van der Waals surface area contributed by atoms with Crippen molar-refractivity contribution in [3.63, 3.8) is 0 Å². The Kier molecular flexibility index (Phi) is 3.60. The van der Waals surface area contributed by atoms with E-state index in [0.717, 1.165) is 26.2 Å². The van der Waals surface area contributed by atoms with Crippen LogP contribution < -0.4 is 5.32 Å². The van der Waals surface area contributed by atoms with Gasteiger partial charge in [-0.25, -0.2) is 4.79 Å². The predicted octanol–water partition coefficient (Wildman–Crippen LogP) is 1.06. The van der Waals surface area contributed by atoms with Crippen LogP contribution in [0.2, 0.25) is 0 Å². The highest BCUT2D eigenvalue weighted by atomic mass is 35.5. The Hall–Kier alpha value is -0.480. The van der Waals surface area contributed by atoms with Crippen molar-refractivity contribution in [2.45, 2.75) is 37.8 Å². The summed E-state index contributed by atoms with van der Waals surface area (Å²) in [6.07, 6.45) is 4.83. The summed E-state index contributed by atoms with van der Waals surface area (Å²) in [5, 5.41) is 3.38. The van der Waals surface area contributed by atoms with Gasteiger partial charge in [-0.15, -0.1) is 12.4 Å². The van der Waals surface area contributed by atoms with E-state index in [-0.39, 0.29) is 12.4 Å². The quantitative estimate of drug-likeness (QED) is 0.790. The van der Waals surface area contributed by atoms with Crippen LogP contribution in [0.3, 0.4) is 0 Å². The molecule has 0 bridgehead atoms. The number of hydrogen-bond acceptors (Lipinski definition) is 2. The van der Waals surface area contributed by atoms with Crippen LogP contribution in [0.25, 0.3) is 0 Å². The normalized spacial score (nSPS) is 30.5. The number of piperidine rings is 1. The molecule has 0 aromatic heterocycles. The Bertz CT molecular complexity index is 264. The Labute approximate surface area is 103 Å². The molecular weight excluding hydrogens is 226 g/mol. The standard InChI is InChI=1S/C11H19N3O.ClH/c15-11-13(9-3-4-9)6-7-14(11)10-2-1-5-12-8-10;/h9-10,12H,1-8H2;1H/t10-;/m1./s1. The van der Waals surface area contributed by atoms with Gasteiger partial charge in [-0.05, 0) is 32.2 Å². The Morgan fingerprint density at radius 3 is 2.31 bits per heavy atom. The fourth-order valence-corrected chi connectivity index (χ4v) is 2.73. The third-order valence-electron chi connectivity index (χ3n) is 3.77. The number of carbonyl (C=O) groups excluding carboxylic acids is 1. The minimum atomic E-state index is 0. The summed E-state index contributed by atoms with van der Waals surface area (Å²) in [7, 11) is 0. The maximum absolute atomic E-state index is 12.1. The van der Waals surface area contributed by atoms with Gasteiger partial charge in [0.2, 0.25) is 0 Å². The molecule has 3 fully saturated rings. The molecule has 2 saturated heterocycles. The van der Waals surface area contributed by atoms with E-state index in [9.17, 15) is 4.79 Å². The highest BCUT2D eigenvalue weighted by Gasteiger charge is 2.41. The fraction of sp³-hybridized carbons (Fsp3) is 0.909. The number of rotatable bonds is 2. The lowest BCUT2D eigenvalue weighted by Gasteiger charge is -2.31. The van der Waals surface area contributed by atoms with Crippen LogP contribution >= 0.6 is 12.4 Å². The van der Waals surface area contributed by atoms with Gasteiger partial charge in [0, 0.05) is 31.7 Å². The first-order chi connectivity index (χ1) is 7.36. The van der Waals surface area contributed by atoms with Crippen molar-refractivity contribution < 1.29 is 4.79 Å². The third kappa shape index (κ3) is 2.13. The minimum absolute atomic E-state index is 0. The highest BCUT2D eigenvalue weighted by Crippen LogP contribution is 2.31. The molecule has 16 heavy (non-hydrogen) atoms. The SMILES string of the molecule is Cl.O=C1N(C2CC2)CCN1[C@@H]1CCCNC1. The summed E-state index contributed by atoms with van der Waals surface area (Å²) in [5.41, 5.74) is 0. The summed E-state index contributed by atoms with van der Waals surface area (Å²) in [6, 6.07) is 1.33. The van der Waals surface area contributed by atoms with Gasteiger partial charge in [-0.3, -0.25) is 0 Å². The van der Waals surface area contributed by atoms with Gasteiger partial charge >= 0.3 is 6.03 Å². The number of carbonyl (C=O) groups is 1. The number of halogens is 1. The second-order valence-corrected chi connectivity index (χ2v) is 4.90. The van der Waals surface area contributed by atoms with Gasteiger partial charge in [-0.1, -0.05) is 0 Å². The average molecular weight is 246 g/mol. The van der Waals surface area contributed by atoms with Crippen molar-refractivity contribution in [3.05, 3.63) is 0 Å². The van der Waals surface area contributed by atoms with Crippen LogP contribution in [0.1, 0.15) is 25.7 Å². The van der Waals surface area contributed by atoms with Crippen molar-refractivity contribution in [1.82, 2.24) is 15.1 Å². The monoisotopic (exact) mass is 245 g/mol. The molecule has 3 rings (SSSR count).